The van der Waals surface area contributed by atoms with Crippen LogP contribution >= 0.6 is 15.9 Å². The first kappa shape index (κ1) is 16.5. The summed E-state index contributed by atoms with van der Waals surface area (Å²) in [5.41, 5.74) is 1.83. The summed E-state index contributed by atoms with van der Waals surface area (Å²) < 4.78 is 10.9. The normalized spacial score (nSPS) is 14.1. The number of hydrogen-bond acceptors (Lipinski definition) is 4. The highest BCUT2D eigenvalue weighted by Crippen LogP contribution is 2.37. The summed E-state index contributed by atoms with van der Waals surface area (Å²) in [6.07, 6.45) is 0. The first-order valence-corrected chi connectivity index (χ1v) is 8.71. The summed E-state index contributed by atoms with van der Waals surface area (Å²) in [6.45, 7) is 0. The van der Waals surface area contributed by atoms with Gasteiger partial charge >= 0.3 is 11.9 Å². The van der Waals surface area contributed by atoms with E-state index in [1.54, 1.807) is 13.2 Å². The molecule has 0 amide bonds. The maximum absolute atomic E-state index is 12.4. The highest BCUT2D eigenvalue weighted by molar-refractivity contribution is 9.10. The van der Waals surface area contributed by atoms with Gasteiger partial charge in [-0.05, 0) is 40.6 Å². The number of esters is 2. The van der Waals surface area contributed by atoms with Crippen LogP contribution in [0.4, 0.5) is 0 Å². The molecule has 0 aromatic heterocycles. The fourth-order valence-corrected chi connectivity index (χ4v) is 3.55. The lowest BCUT2D eigenvalue weighted by molar-refractivity contribution is -0.149. The Morgan fingerprint density at radius 3 is 2.31 bits per heavy atom. The molecule has 5 heteroatoms. The Bertz CT molecular complexity index is 1100. The molecule has 0 unspecified atom stereocenters. The van der Waals surface area contributed by atoms with Gasteiger partial charge in [0.25, 0.3) is 0 Å². The first-order valence-electron chi connectivity index (χ1n) is 7.92. The van der Waals surface area contributed by atoms with Gasteiger partial charge in [-0.2, -0.15) is 0 Å². The molecule has 0 N–H and O–H groups in total. The van der Waals surface area contributed by atoms with E-state index < -0.39 is 11.9 Å². The maximum atomic E-state index is 12.4. The Kier molecular flexibility index (Phi) is 4.09. The molecule has 1 heterocycles. The summed E-state index contributed by atoms with van der Waals surface area (Å²) in [7, 11) is 1.62. The average molecular weight is 409 g/mol. The van der Waals surface area contributed by atoms with Gasteiger partial charge in [0.15, 0.2) is 0 Å². The first-order chi connectivity index (χ1) is 12.6. The van der Waals surface area contributed by atoms with Gasteiger partial charge in [0.2, 0.25) is 0 Å². The van der Waals surface area contributed by atoms with Crippen LogP contribution in [0.15, 0.2) is 65.1 Å². The zero-order chi connectivity index (χ0) is 18.3. The van der Waals surface area contributed by atoms with Gasteiger partial charge in [-0.25, -0.2) is 9.59 Å². The summed E-state index contributed by atoms with van der Waals surface area (Å²) in [5, 5.41) is 1.92. The Morgan fingerprint density at radius 2 is 1.54 bits per heavy atom. The topological polar surface area (TPSA) is 52.6 Å². The number of carbonyl (C=O) groups excluding carboxylic acids is 2. The lowest BCUT2D eigenvalue weighted by atomic mass is 9.94. The Hall–Kier alpha value is -2.92. The number of methoxy groups -OCH3 is 1. The van der Waals surface area contributed by atoms with E-state index in [1.807, 2.05) is 54.6 Å². The van der Waals surface area contributed by atoms with Crippen molar-refractivity contribution in [2.45, 2.75) is 0 Å². The molecule has 0 spiro atoms. The van der Waals surface area contributed by atoms with E-state index in [-0.39, 0.29) is 11.1 Å². The number of ether oxygens (including phenoxy) is 2. The molecule has 1 aliphatic heterocycles. The van der Waals surface area contributed by atoms with Crippen molar-refractivity contribution in [3.05, 3.63) is 76.3 Å². The van der Waals surface area contributed by atoms with Crippen molar-refractivity contribution >= 4 is 49.8 Å². The smallest absolute Gasteiger partial charge is 0.347 e. The van der Waals surface area contributed by atoms with E-state index in [1.165, 1.54) is 0 Å². The van der Waals surface area contributed by atoms with Crippen LogP contribution in [0.1, 0.15) is 11.1 Å². The largest absolute Gasteiger partial charge is 0.497 e. The lowest BCUT2D eigenvalue weighted by Gasteiger charge is -2.07. The molecule has 0 atom stereocenters. The highest BCUT2D eigenvalue weighted by atomic mass is 79.9. The molecule has 1 aliphatic rings. The van der Waals surface area contributed by atoms with Crippen LogP contribution in [-0.2, 0) is 14.3 Å². The number of rotatable bonds is 3. The lowest BCUT2D eigenvalue weighted by Crippen LogP contribution is -2.02. The summed E-state index contributed by atoms with van der Waals surface area (Å²) in [5.74, 6) is -0.505. The summed E-state index contributed by atoms with van der Waals surface area (Å²) >= 11 is 3.44. The predicted molar refractivity (Wildman–Crippen MR) is 103 cm³/mol. The monoisotopic (exact) mass is 408 g/mol. The molecule has 3 aromatic rings. The van der Waals surface area contributed by atoms with E-state index in [9.17, 15) is 9.59 Å². The molecule has 4 rings (SSSR count). The SMILES string of the molecule is COc1ccc2cc(C3=C(c4ccccc4Br)C(=O)OC3=O)ccc2c1. The van der Waals surface area contributed by atoms with Gasteiger partial charge in [0.1, 0.15) is 5.75 Å². The Labute approximate surface area is 158 Å². The number of fused-ring (bicyclic) bond motifs is 1. The van der Waals surface area contributed by atoms with Gasteiger partial charge < -0.3 is 9.47 Å². The molecule has 26 heavy (non-hydrogen) atoms. The van der Waals surface area contributed by atoms with E-state index in [2.05, 4.69) is 15.9 Å². The Morgan fingerprint density at radius 1 is 0.846 bits per heavy atom. The van der Waals surface area contributed by atoms with Gasteiger partial charge in [0, 0.05) is 10.0 Å². The second-order valence-electron chi connectivity index (χ2n) is 5.83. The van der Waals surface area contributed by atoms with Crippen LogP contribution in [0.3, 0.4) is 0 Å². The van der Waals surface area contributed by atoms with Gasteiger partial charge in [-0.15, -0.1) is 0 Å². The summed E-state index contributed by atoms with van der Waals surface area (Å²) in [6, 6.07) is 18.5. The minimum atomic E-state index is -0.633. The van der Waals surface area contributed by atoms with Crippen LogP contribution in [0.5, 0.6) is 5.75 Å². The standard InChI is InChI=1S/C21H13BrO4/c1-25-15-9-8-12-10-14(7-6-13(12)11-15)18-19(21(24)26-20(18)23)16-4-2-3-5-17(16)22/h2-11H,1H3. The van der Waals surface area contributed by atoms with E-state index in [0.29, 0.717) is 11.1 Å². The third-order valence-corrected chi connectivity index (χ3v) is 5.01. The molecule has 0 bridgehead atoms. The fourth-order valence-electron chi connectivity index (χ4n) is 3.07. The van der Waals surface area contributed by atoms with Crippen LogP contribution in [-0.4, -0.2) is 19.0 Å². The van der Waals surface area contributed by atoms with Crippen molar-refractivity contribution in [2.75, 3.05) is 7.11 Å². The highest BCUT2D eigenvalue weighted by Gasteiger charge is 2.35. The van der Waals surface area contributed by atoms with Crippen molar-refractivity contribution in [2.24, 2.45) is 0 Å². The van der Waals surface area contributed by atoms with Crippen LogP contribution in [0.25, 0.3) is 21.9 Å². The zero-order valence-electron chi connectivity index (χ0n) is 13.8. The number of hydrogen-bond donors (Lipinski definition) is 0. The zero-order valence-corrected chi connectivity index (χ0v) is 15.4. The predicted octanol–water partition coefficient (Wildman–Crippen LogP) is 4.61. The molecule has 0 radical (unpaired) electrons. The molecule has 0 saturated heterocycles. The minimum Gasteiger partial charge on any atom is -0.497 e. The molecule has 3 aromatic carbocycles. The van der Waals surface area contributed by atoms with Crippen molar-refractivity contribution in [1.82, 2.24) is 0 Å². The fraction of sp³-hybridized carbons (Fsp3) is 0.0476. The van der Waals surface area contributed by atoms with Crippen molar-refractivity contribution in [1.29, 1.82) is 0 Å². The second kappa shape index (κ2) is 6.42. The minimum absolute atomic E-state index is 0.273. The number of carbonyl (C=O) groups is 2. The van der Waals surface area contributed by atoms with Crippen LogP contribution in [0, 0.1) is 0 Å². The number of cyclic esters (lactones) is 2. The summed E-state index contributed by atoms with van der Waals surface area (Å²) in [4.78, 5) is 24.7. The molecular formula is C21H13BrO4. The van der Waals surface area contributed by atoms with Crippen molar-refractivity contribution in [3.63, 3.8) is 0 Å². The van der Waals surface area contributed by atoms with E-state index >= 15 is 0 Å². The molecule has 0 aliphatic carbocycles. The van der Waals surface area contributed by atoms with E-state index in [0.717, 1.165) is 21.0 Å². The van der Waals surface area contributed by atoms with Crippen molar-refractivity contribution < 1.29 is 19.1 Å². The van der Waals surface area contributed by atoms with E-state index in [4.69, 9.17) is 9.47 Å². The third-order valence-electron chi connectivity index (χ3n) is 4.32. The quantitative estimate of drug-likeness (QED) is 0.469. The van der Waals surface area contributed by atoms with Gasteiger partial charge in [-0.3, -0.25) is 0 Å². The molecule has 4 nitrogen and oxygen atoms in total. The number of halogens is 1. The molecule has 128 valence electrons. The maximum Gasteiger partial charge on any atom is 0.347 e. The molecular weight excluding hydrogens is 396 g/mol. The molecule has 0 saturated carbocycles. The third kappa shape index (κ3) is 2.70. The van der Waals surface area contributed by atoms with Gasteiger partial charge in [-0.1, -0.05) is 52.3 Å². The van der Waals surface area contributed by atoms with Crippen LogP contribution in [0.2, 0.25) is 0 Å². The van der Waals surface area contributed by atoms with Crippen molar-refractivity contribution in [3.8, 4) is 5.75 Å². The second-order valence-corrected chi connectivity index (χ2v) is 6.69. The van der Waals surface area contributed by atoms with Gasteiger partial charge in [0.05, 0.1) is 18.3 Å². The van der Waals surface area contributed by atoms with Crippen LogP contribution < -0.4 is 4.74 Å². The Balaban J connectivity index is 1.93. The average Bonchev–Trinajstić information content (AvgIpc) is 2.95. The molecule has 0 fully saturated rings. The number of benzene rings is 3.